The smallest absolute Gasteiger partial charge is 0.326 e. The minimum absolute atomic E-state index is 0.0233. The molecule has 1 rings (SSSR count). The Hall–Kier alpha value is -2.02. The van der Waals surface area contributed by atoms with Crippen molar-refractivity contribution in [3.05, 3.63) is 35.9 Å². The molecule has 0 aliphatic heterocycles. The predicted octanol–water partition coefficient (Wildman–Crippen LogP) is 0.462. The maximum absolute atomic E-state index is 12.8. The summed E-state index contributed by atoms with van der Waals surface area (Å²) in [6, 6.07) is 6.49. The highest BCUT2D eigenvalue weighted by molar-refractivity contribution is 7.89. The van der Waals surface area contributed by atoms with Crippen LogP contribution in [0.5, 0.6) is 0 Å². The van der Waals surface area contributed by atoms with Crippen LogP contribution in [-0.4, -0.2) is 64.5 Å². The summed E-state index contributed by atoms with van der Waals surface area (Å²) < 4.78 is 51.6. The minimum Gasteiger partial charge on any atom is -0.480 e. The van der Waals surface area contributed by atoms with Gasteiger partial charge in [-0.1, -0.05) is 44.2 Å². The summed E-state index contributed by atoms with van der Waals surface area (Å²) >= 11 is 0. The van der Waals surface area contributed by atoms with Crippen molar-refractivity contribution in [2.75, 3.05) is 18.6 Å². The molecule has 12 heteroatoms. The number of unbranched alkanes of at least 4 members (excludes halogenated alkanes) is 1. The number of hydrogen-bond acceptors (Lipinski definition) is 6. The van der Waals surface area contributed by atoms with Crippen molar-refractivity contribution in [3.8, 4) is 0 Å². The van der Waals surface area contributed by atoms with Gasteiger partial charge in [0.25, 0.3) is 0 Å². The van der Waals surface area contributed by atoms with Crippen molar-refractivity contribution in [1.29, 1.82) is 0 Å². The maximum Gasteiger partial charge on any atom is 0.326 e. The second kappa shape index (κ2) is 12.9. The Morgan fingerprint density at radius 3 is 2.16 bits per heavy atom. The third-order valence-electron chi connectivity index (χ3n) is 4.45. The van der Waals surface area contributed by atoms with Gasteiger partial charge in [0.1, 0.15) is 12.1 Å². The molecule has 2 atom stereocenters. The average molecular weight is 492 g/mol. The molecule has 32 heavy (non-hydrogen) atoms. The SMILES string of the molecule is CC(C)C[C@H](NS(=O)(=O)CCCCNS(C)(=O)=O)C(=O)N[C@@H](Cc1ccccc1)C(=O)O. The second-order valence-electron chi connectivity index (χ2n) is 8.08. The number of amides is 1. The summed E-state index contributed by atoms with van der Waals surface area (Å²) in [6.07, 6.45) is 1.78. The molecule has 0 aliphatic rings. The quantitative estimate of drug-likeness (QED) is 0.259. The summed E-state index contributed by atoms with van der Waals surface area (Å²) in [5, 5.41) is 11.9. The van der Waals surface area contributed by atoms with E-state index >= 15 is 0 Å². The van der Waals surface area contributed by atoms with Crippen LogP contribution in [0.2, 0.25) is 0 Å². The van der Waals surface area contributed by atoms with Gasteiger partial charge in [-0.3, -0.25) is 4.79 Å². The Bertz CT molecular complexity index is 949. The fraction of sp³-hybridized carbons (Fsp3) is 0.600. The molecule has 1 amide bonds. The summed E-state index contributed by atoms with van der Waals surface area (Å²) in [6.45, 7) is 3.76. The summed E-state index contributed by atoms with van der Waals surface area (Å²) in [5.41, 5.74) is 0.726. The second-order valence-corrected chi connectivity index (χ2v) is 11.8. The molecule has 0 spiro atoms. The maximum atomic E-state index is 12.8. The van der Waals surface area contributed by atoms with E-state index in [-0.39, 0.29) is 37.5 Å². The van der Waals surface area contributed by atoms with Gasteiger partial charge in [0.15, 0.2) is 0 Å². The number of carboxylic acid groups (broad SMARTS) is 1. The molecular weight excluding hydrogens is 458 g/mol. The third kappa shape index (κ3) is 12.1. The number of benzene rings is 1. The van der Waals surface area contributed by atoms with Crippen molar-refractivity contribution in [3.63, 3.8) is 0 Å². The van der Waals surface area contributed by atoms with Crippen LogP contribution >= 0.6 is 0 Å². The Kier molecular flexibility index (Phi) is 11.3. The molecule has 0 unspecified atom stereocenters. The normalized spacial score (nSPS) is 14.1. The molecule has 0 bridgehead atoms. The first-order valence-electron chi connectivity index (χ1n) is 10.3. The lowest BCUT2D eigenvalue weighted by atomic mass is 10.0. The van der Waals surface area contributed by atoms with Gasteiger partial charge in [0.2, 0.25) is 26.0 Å². The van der Waals surface area contributed by atoms with Crippen LogP contribution in [0, 0.1) is 5.92 Å². The number of carbonyl (C=O) groups excluding carboxylic acids is 1. The zero-order valence-electron chi connectivity index (χ0n) is 18.6. The first-order valence-corrected chi connectivity index (χ1v) is 13.8. The monoisotopic (exact) mass is 491 g/mol. The van der Waals surface area contributed by atoms with Gasteiger partial charge in [-0.25, -0.2) is 31.1 Å². The van der Waals surface area contributed by atoms with Crippen LogP contribution in [0.1, 0.15) is 38.7 Å². The van der Waals surface area contributed by atoms with Crippen LogP contribution < -0.4 is 14.8 Å². The number of hydrogen-bond donors (Lipinski definition) is 4. The van der Waals surface area contributed by atoms with Crippen molar-refractivity contribution < 1.29 is 31.5 Å². The third-order valence-corrected chi connectivity index (χ3v) is 6.65. The van der Waals surface area contributed by atoms with Crippen LogP contribution in [0.4, 0.5) is 0 Å². The zero-order valence-corrected chi connectivity index (χ0v) is 20.2. The fourth-order valence-corrected chi connectivity index (χ4v) is 4.81. The van der Waals surface area contributed by atoms with Gasteiger partial charge < -0.3 is 10.4 Å². The molecule has 4 N–H and O–H groups in total. The van der Waals surface area contributed by atoms with Gasteiger partial charge in [0.05, 0.1) is 12.0 Å². The van der Waals surface area contributed by atoms with Gasteiger partial charge >= 0.3 is 5.97 Å². The van der Waals surface area contributed by atoms with Gasteiger partial charge in [-0.15, -0.1) is 0 Å². The Labute approximate surface area is 190 Å². The highest BCUT2D eigenvalue weighted by Crippen LogP contribution is 2.09. The number of sulfonamides is 2. The number of carboxylic acids is 1. The Morgan fingerprint density at radius 1 is 1.00 bits per heavy atom. The lowest BCUT2D eigenvalue weighted by Crippen LogP contribution is -2.52. The van der Waals surface area contributed by atoms with Crippen LogP contribution in [0.15, 0.2) is 30.3 Å². The van der Waals surface area contributed by atoms with E-state index in [0.29, 0.717) is 6.42 Å². The number of rotatable bonds is 15. The number of aliphatic carboxylic acids is 1. The molecule has 0 aliphatic carbocycles. The molecule has 0 heterocycles. The summed E-state index contributed by atoms with van der Waals surface area (Å²) in [7, 11) is -7.18. The first-order chi connectivity index (χ1) is 14.8. The highest BCUT2D eigenvalue weighted by Gasteiger charge is 2.29. The van der Waals surface area contributed by atoms with Crippen LogP contribution in [-0.2, 0) is 36.1 Å². The first kappa shape index (κ1) is 28.0. The van der Waals surface area contributed by atoms with Crippen LogP contribution in [0.25, 0.3) is 0 Å². The average Bonchev–Trinajstić information content (AvgIpc) is 2.65. The molecule has 0 saturated carbocycles. The predicted molar refractivity (Wildman–Crippen MR) is 122 cm³/mol. The zero-order chi connectivity index (χ0) is 24.4. The molecule has 0 saturated heterocycles. The van der Waals surface area contributed by atoms with Gasteiger partial charge in [0, 0.05) is 13.0 Å². The van der Waals surface area contributed by atoms with Crippen molar-refractivity contribution >= 4 is 31.9 Å². The number of nitrogens with one attached hydrogen (secondary N) is 3. The molecule has 0 fully saturated rings. The van der Waals surface area contributed by atoms with Crippen LogP contribution in [0.3, 0.4) is 0 Å². The molecule has 1 aromatic carbocycles. The van der Waals surface area contributed by atoms with E-state index in [9.17, 15) is 31.5 Å². The van der Waals surface area contributed by atoms with Crippen molar-refractivity contribution in [1.82, 2.24) is 14.8 Å². The molecule has 182 valence electrons. The van der Waals surface area contributed by atoms with E-state index in [2.05, 4.69) is 14.8 Å². The van der Waals surface area contributed by atoms with E-state index in [1.54, 1.807) is 30.3 Å². The Balaban J connectivity index is 2.75. The van der Waals surface area contributed by atoms with Crippen molar-refractivity contribution in [2.45, 2.75) is 51.6 Å². The molecule has 0 aromatic heterocycles. The molecule has 10 nitrogen and oxygen atoms in total. The van der Waals surface area contributed by atoms with E-state index < -0.39 is 44.0 Å². The lowest BCUT2D eigenvalue weighted by Gasteiger charge is -2.23. The largest absolute Gasteiger partial charge is 0.480 e. The molecule has 0 radical (unpaired) electrons. The number of carbonyl (C=O) groups is 2. The topological polar surface area (TPSA) is 159 Å². The van der Waals surface area contributed by atoms with E-state index in [1.807, 2.05) is 13.8 Å². The standard InChI is InChI=1S/C20H33N3O7S2/c1-15(2)13-17(23-32(29,30)12-8-7-11-21-31(3,27)28)19(24)22-18(20(25)26)14-16-9-5-4-6-10-16/h4-6,9-10,15,17-18,21,23H,7-8,11-14H2,1-3H3,(H,22,24)(H,25,26)/t17-,18-/m0/s1. The fourth-order valence-electron chi connectivity index (χ4n) is 2.95. The summed E-state index contributed by atoms with van der Waals surface area (Å²) in [5.74, 6) is -2.23. The van der Waals surface area contributed by atoms with Gasteiger partial charge in [-0.05, 0) is 30.7 Å². The van der Waals surface area contributed by atoms with Gasteiger partial charge in [-0.2, -0.15) is 0 Å². The van der Waals surface area contributed by atoms with E-state index in [0.717, 1.165) is 11.8 Å². The molecule has 1 aromatic rings. The minimum atomic E-state index is -3.84. The molecular formula is C20H33N3O7S2. The van der Waals surface area contributed by atoms with Crippen molar-refractivity contribution in [2.24, 2.45) is 5.92 Å². The van der Waals surface area contributed by atoms with E-state index in [4.69, 9.17) is 0 Å². The Morgan fingerprint density at radius 2 is 1.62 bits per heavy atom. The summed E-state index contributed by atoms with van der Waals surface area (Å²) in [4.78, 5) is 24.4. The van der Waals surface area contributed by atoms with E-state index in [1.165, 1.54) is 0 Å². The lowest BCUT2D eigenvalue weighted by molar-refractivity contribution is -0.142. The highest BCUT2D eigenvalue weighted by atomic mass is 32.2.